The zero-order valence-corrected chi connectivity index (χ0v) is 15.5. The lowest BCUT2D eigenvalue weighted by molar-refractivity contribution is 0.503. The first-order valence-corrected chi connectivity index (χ1v) is 10.1. The molecule has 19 heavy (non-hydrogen) atoms. The van der Waals surface area contributed by atoms with Gasteiger partial charge < -0.3 is 0 Å². The fraction of sp³-hybridized carbons (Fsp3) is 0.750. The van der Waals surface area contributed by atoms with E-state index in [0.29, 0.717) is 10.8 Å². The smallest absolute Gasteiger partial charge is 0.0356 e. The summed E-state index contributed by atoms with van der Waals surface area (Å²) in [5.41, 5.74) is 0.642. The van der Waals surface area contributed by atoms with Crippen LogP contribution in [-0.2, 0) is 10.8 Å². The zero-order chi connectivity index (χ0) is 14.3. The van der Waals surface area contributed by atoms with E-state index in [0.717, 1.165) is 0 Å². The van der Waals surface area contributed by atoms with Crippen LogP contribution < -0.4 is 0 Å². The van der Waals surface area contributed by atoms with Gasteiger partial charge in [0, 0.05) is 31.1 Å². The molecule has 1 aromatic rings. The van der Waals surface area contributed by atoms with Gasteiger partial charge in [0.05, 0.1) is 0 Å². The standard InChI is InChI=1S/C16H26S3/c1-7-15(3,4)13-11-12(18-10-9-17-11)14(19-13)16(5,6)8-2/h7-10H2,1-6H3. The predicted molar refractivity (Wildman–Crippen MR) is 92.4 cm³/mol. The van der Waals surface area contributed by atoms with Gasteiger partial charge in [-0.05, 0) is 23.7 Å². The molecular weight excluding hydrogens is 288 g/mol. The lowest BCUT2D eigenvalue weighted by Crippen LogP contribution is -2.15. The Balaban J connectivity index is 2.59. The molecule has 3 heteroatoms. The van der Waals surface area contributed by atoms with Gasteiger partial charge in [0.15, 0.2) is 0 Å². The summed E-state index contributed by atoms with van der Waals surface area (Å²) < 4.78 is 0. The van der Waals surface area contributed by atoms with Crippen LogP contribution in [0.3, 0.4) is 0 Å². The lowest BCUT2D eigenvalue weighted by Gasteiger charge is -2.24. The van der Waals surface area contributed by atoms with Crippen LogP contribution >= 0.6 is 34.9 Å². The molecule has 0 spiro atoms. The Morgan fingerprint density at radius 3 is 1.47 bits per heavy atom. The minimum Gasteiger partial charge on any atom is -0.142 e. The van der Waals surface area contributed by atoms with Gasteiger partial charge in [-0.25, -0.2) is 0 Å². The van der Waals surface area contributed by atoms with E-state index in [2.05, 4.69) is 76.4 Å². The molecule has 0 aliphatic carbocycles. The molecule has 0 amide bonds. The van der Waals surface area contributed by atoms with Crippen LogP contribution in [0.2, 0.25) is 0 Å². The summed E-state index contributed by atoms with van der Waals surface area (Å²) in [6.45, 7) is 14.3. The molecular formula is C16H26S3. The van der Waals surface area contributed by atoms with Crippen molar-refractivity contribution in [2.75, 3.05) is 11.5 Å². The molecule has 0 saturated heterocycles. The van der Waals surface area contributed by atoms with Crippen molar-refractivity contribution >= 4 is 34.9 Å². The first-order chi connectivity index (χ1) is 8.83. The molecule has 0 saturated carbocycles. The molecule has 108 valence electrons. The average molecular weight is 315 g/mol. The summed E-state index contributed by atoms with van der Waals surface area (Å²) in [4.78, 5) is 6.51. The maximum atomic E-state index is 2.40. The molecule has 0 unspecified atom stereocenters. The summed E-state index contributed by atoms with van der Waals surface area (Å²) in [5.74, 6) is 2.54. The van der Waals surface area contributed by atoms with Crippen molar-refractivity contribution in [3.8, 4) is 0 Å². The Morgan fingerprint density at radius 2 is 1.16 bits per heavy atom. The van der Waals surface area contributed by atoms with E-state index >= 15 is 0 Å². The van der Waals surface area contributed by atoms with Gasteiger partial charge in [-0.3, -0.25) is 0 Å². The van der Waals surface area contributed by atoms with Crippen molar-refractivity contribution in [2.24, 2.45) is 0 Å². The quantitative estimate of drug-likeness (QED) is 0.637. The topological polar surface area (TPSA) is 0 Å². The summed E-state index contributed by atoms with van der Waals surface area (Å²) in [6.07, 6.45) is 2.44. The third kappa shape index (κ3) is 2.89. The van der Waals surface area contributed by atoms with E-state index in [1.54, 1.807) is 19.5 Å². The summed E-state index contributed by atoms with van der Waals surface area (Å²) in [6, 6.07) is 0. The Labute approximate surface area is 131 Å². The van der Waals surface area contributed by atoms with Gasteiger partial charge in [-0.1, -0.05) is 41.5 Å². The van der Waals surface area contributed by atoms with Gasteiger partial charge in [0.2, 0.25) is 0 Å². The number of hydrogen-bond donors (Lipinski definition) is 0. The van der Waals surface area contributed by atoms with Crippen molar-refractivity contribution in [3.63, 3.8) is 0 Å². The molecule has 1 aromatic heterocycles. The van der Waals surface area contributed by atoms with Crippen LogP contribution in [0, 0.1) is 0 Å². The number of thioether (sulfide) groups is 2. The summed E-state index contributed by atoms with van der Waals surface area (Å²) >= 11 is 6.29. The van der Waals surface area contributed by atoms with Gasteiger partial charge in [-0.2, -0.15) is 0 Å². The molecule has 2 heterocycles. The van der Waals surface area contributed by atoms with Crippen LogP contribution in [-0.4, -0.2) is 11.5 Å². The summed E-state index contributed by atoms with van der Waals surface area (Å²) in [7, 11) is 0. The van der Waals surface area contributed by atoms with Crippen LogP contribution in [0.5, 0.6) is 0 Å². The van der Waals surface area contributed by atoms with Crippen molar-refractivity contribution in [1.29, 1.82) is 0 Å². The van der Waals surface area contributed by atoms with Crippen molar-refractivity contribution < 1.29 is 0 Å². The SMILES string of the molecule is CCC(C)(C)c1sc(C(C)(C)CC)c2c1SCCS2. The first kappa shape index (κ1) is 15.8. The molecule has 0 bridgehead atoms. The number of hydrogen-bond acceptors (Lipinski definition) is 3. The number of fused-ring (bicyclic) bond motifs is 1. The average Bonchev–Trinajstić information content (AvgIpc) is 2.79. The third-order valence-electron chi connectivity index (χ3n) is 4.40. The number of thiophene rings is 1. The fourth-order valence-electron chi connectivity index (χ4n) is 2.16. The van der Waals surface area contributed by atoms with E-state index in [-0.39, 0.29) is 0 Å². The fourth-order valence-corrected chi connectivity index (χ4v) is 7.04. The second-order valence-electron chi connectivity index (χ2n) is 6.59. The van der Waals surface area contributed by atoms with Crippen LogP contribution in [0.1, 0.15) is 64.1 Å². The normalized spacial score (nSPS) is 16.5. The molecule has 1 aliphatic heterocycles. The molecule has 1 aliphatic rings. The lowest BCUT2D eigenvalue weighted by atomic mass is 9.87. The van der Waals surface area contributed by atoms with E-state index in [9.17, 15) is 0 Å². The Bertz CT molecular complexity index is 414. The maximum Gasteiger partial charge on any atom is 0.0356 e. The van der Waals surface area contributed by atoms with Gasteiger partial charge in [0.25, 0.3) is 0 Å². The first-order valence-electron chi connectivity index (χ1n) is 7.27. The van der Waals surface area contributed by atoms with Gasteiger partial charge >= 0.3 is 0 Å². The van der Waals surface area contributed by atoms with Crippen LogP contribution in [0.15, 0.2) is 9.79 Å². The zero-order valence-electron chi connectivity index (χ0n) is 13.1. The number of rotatable bonds is 4. The summed E-state index contributed by atoms with van der Waals surface area (Å²) in [5, 5.41) is 0. The Hall–Kier alpha value is 0.400. The van der Waals surface area contributed by atoms with Crippen LogP contribution in [0.25, 0.3) is 0 Å². The van der Waals surface area contributed by atoms with Crippen molar-refractivity contribution in [1.82, 2.24) is 0 Å². The molecule has 0 N–H and O–H groups in total. The largest absolute Gasteiger partial charge is 0.142 e. The highest BCUT2D eigenvalue weighted by Gasteiger charge is 2.34. The highest BCUT2D eigenvalue weighted by molar-refractivity contribution is 8.06. The van der Waals surface area contributed by atoms with Crippen molar-refractivity contribution in [2.45, 2.75) is 75.0 Å². The van der Waals surface area contributed by atoms with E-state index < -0.39 is 0 Å². The second kappa shape index (κ2) is 5.65. The predicted octanol–water partition coefficient (Wildman–Crippen LogP) is 6.32. The monoisotopic (exact) mass is 314 g/mol. The maximum absolute atomic E-state index is 2.40. The molecule has 0 fully saturated rings. The Kier molecular flexibility index (Phi) is 4.69. The highest BCUT2D eigenvalue weighted by Crippen LogP contribution is 2.53. The molecule has 0 nitrogen and oxygen atoms in total. The minimum absolute atomic E-state index is 0.321. The van der Waals surface area contributed by atoms with Crippen LogP contribution in [0.4, 0.5) is 0 Å². The minimum atomic E-state index is 0.321. The van der Waals surface area contributed by atoms with E-state index in [4.69, 9.17) is 0 Å². The molecule has 2 rings (SSSR count). The van der Waals surface area contributed by atoms with Crippen molar-refractivity contribution in [3.05, 3.63) is 9.75 Å². The molecule has 0 radical (unpaired) electrons. The molecule has 0 atom stereocenters. The van der Waals surface area contributed by atoms with Gasteiger partial charge in [0.1, 0.15) is 0 Å². The molecule has 0 aromatic carbocycles. The van der Waals surface area contributed by atoms with E-state index in [1.807, 2.05) is 0 Å². The van der Waals surface area contributed by atoms with Gasteiger partial charge in [-0.15, -0.1) is 34.9 Å². The highest BCUT2D eigenvalue weighted by atomic mass is 32.2. The third-order valence-corrected chi connectivity index (χ3v) is 9.17. The second-order valence-corrected chi connectivity index (χ2v) is 9.82. The Morgan fingerprint density at radius 1 is 0.789 bits per heavy atom. The van der Waals surface area contributed by atoms with E-state index in [1.165, 1.54) is 24.3 Å².